The van der Waals surface area contributed by atoms with Gasteiger partial charge in [-0.1, -0.05) is 24.6 Å². The fourth-order valence-electron chi connectivity index (χ4n) is 2.16. The quantitative estimate of drug-likeness (QED) is 0.407. The molecule has 6 heteroatoms. The number of hydrogen-bond donors (Lipinski definition) is 2. The van der Waals surface area contributed by atoms with E-state index >= 15 is 0 Å². The minimum Gasteiger partial charge on any atom is -0.497 e. The van der Waals surface area contributed by atoms with E-state index in [4.69, 9.17) is 16.3 Å². The highest BCUT2D eigenvalue weighted by atomic mass is 127. The summed E-state index contributed by atoms with van der Waals surface area (Å²) in [7, 11) is 1.64. The number of ether oxygens (including phenoxy) is 1. The van der Waals surface area contributed by atoms with Gasteiger partial charge in [-0.15, -0.1) is 24.0 Å². The van der Waals surface area contributed by atoms with Gasteiger partial charge in [-0.05, 0) is 43.4 Å². The number of nitrogens with zero attached hydrogens (tertiary/aromatic N) is 1. The smallest absolute Gasteiger partial charge is 0.191 e. The number of aliphatic imine (C=N–C) groups is 1. The summed E-state index contributed by atoms with van der Waals surface area (Å²) in [5.41, 5.74) is 1.09. The SMILES string of the molecule is CCNC(=NCCc1ccc(OC)cc1Cl)NC1CC1C.I. The molecule has 22 heavy (non-hydrogen) atoms. The van der Waals surface area contributed by atoms with Crippen LogP contribution in [-0.4, -0.2) is 32.2 Å². The molecule has 0 bridgehead atoms. The van der Waals surface area contributed by atoms with Gasteiger partial charge < -0.3 is 15.4 Å². The molecule has 2 rings (SSSR count). The number of hydrogen-bond acceptors (Lipinski definition) is 2. The molecule has 0 radical (unpaired) electrons. The Hall–Kier alpha value is -0.690. The summed E-state index contributed by atoms with van der Waals surface area (Å²) in [5, 5.41) is 7.46. The molecular weight excluding hydrogens is 413 g/mol. The molecule has 1 fully saturated rings. The second-order valence-electron chi connectivity index (χ2n) is 5.43. The first-order chi connectivity index (χ1) is 10.1. The topological polar surface area (TPSA) is 45.7 Å². The number of nitrogens with one attached hydrogen (secondary N) is 2. The van der Waals surface area contributed by atoms with E-state index in [1.165, 1.54) is 6.42 Å². The van der Waals surface area contributed by atoms with Gasteiger partial charge in [0.1, 0.15) is 5.75 Å². The van der Waals surface area contributed by atoms with E-state index in [9.17, 15) is 0 Å². The molecule has 2 N–H and O–H groups in total. The average Bonchev–Trinajstić information content (AvgIpc) is 3.16. The summed E-state index contributed by atoms with van der Waals surface area (Å²) >= 11 is 6.24. The third kappa shape index (κ3) is 5.83. The second-order valence-corrected chi connectivity index (χ2v) is 5.84. The Labute approximate surface area is 155 Å². The van der Waals surface area contributed by atoms with Crippen molar-refractivity contribution >= 4 is 41.5 Å². The predicted octanol–water partition coefficient (Wildman–Crippen LogP) is 3.47. The number of rotatable bonds is 6. The van der Waals surface area contributed by atoms with E-state index in [-0.39, 0.29) is 24.0 Å². The maximum Gasteiger partial charge on any atom is 0.191 e. The van der Waals surface area contributed by atoms with Crippen LogP contribution in [-0.2, 0) is 6.42 Å². The van der Waals surface area contributed by atoms with E-state index in [2.05, 4.69) is 29.5 Å². The van der Waals surface area contributed by atoms with Gasteiger partial charge in [0.05, 0.1) is 7.11 Å². The highest BCUT2D eigenvalue weighted by Crippen LogP contribution is 2.28. The summed E-state index contributed by atoms with van der Waals surface area (Å²) in [6.07, 6.45) is 2.05. The number of benzene rings is 1. The van der Waals surface area contributed by atoms with Gasteiger partial charge in [-0.2, -0.15) is 0 Å². The first-order valence-corrected chi connectivity index (χ1v) is 7.89. The Balaban J connectivity index is 0.00000242. The van der Waals surface area contributed by atoms with Gasteiger partial charge in [0.15, 0.2) is 5.96 Å². The van der Waals surface area contributed by atoms with Gasteiger partial charge in [0.2, 0.25) is 0 Å². The van der Waals surface area contributed by atoms with Crippen LogP contribution in [0.25, 0.3) is 0 Å². The second kappa shape index (κ2) is 9.45. The highest BCUT2D eigenvalue weighted by molar-refractivity contribution is 14.0. The standard InChI is InChI=1S/C16H24ClN3O.HI/c1-4-18-16(20-15-9-11(15)2)19-8-7-12-5-6-13(21-3)10-14(12)17;/h5-6,10-11,15H,4,7-9H2,1-3H3,(H2,18,19,20);1H. The molecule has 1 aromatic rings. The van der Waals surface area contributed by atoms with Crippen LogP contribution in [0.4, 0.5) is 0 Å². The normalized spacial score (nSPS) is 20.1. The van der Waals surface area contributed by atoms with Crippen molar-refractivity contribution in [3.05, 3.63) is 28.8 Å². The fraction of sp³-hybridized carbons (Fsp3) is 0.562. The van der Waals surface area contributed by atoms with Crippen molar-refractivity contribution in [1.29, 1.82) is 0 Å². The van der Waals surface area contributed by atoms with Gasteiger partial charge >= 0.3 is 0 Å². The van der Waals surface area contributed by atoms with Crippen LogP contribution in [0.1, 0.15) is 25.8 Å². The number of guanidine groups is 1. The van der Waals surface area contributed by atoms with Crippen molar-refractivity contribution in [3.8, 4) is 5.75 Å². The van der Waals surface area contributed by atoms with Crippen LogP contribution in [0.2, 0.25) is 5.02 Å². The number of methoxy groups -OCH3 is 1. The maximum absolute atomic E-state index is 6.24. The maximum atomic E-state index is 6.24. The van der Waals surface area contributed by atoms with Crippen molar-refractivity contribution in [1.82, 2.24) is 10.6 Å². The summed E-state index contributed by atoms with van der Waals surface area (Å²) in [6.45, 7) is 5.91. The Kier molecular flexibility index (Phi) is 8.31. The van der Waals surface area contributed by atoms with Gasteiger partial charge in [0, 0.05) is 24.2 Å². The first kappa shape index (κ1) is 19.4. The molecule has 0 heterocycles. The van der Waals surface area contributed by atoms with Crippen molar-refractivity contribution < 1.29 is 4.74 Å². The van der Waals surface area contributed by atoms with E-state index < -0.39 is 0 Å². The molecule has 1 aliphatic rings. The van der Waals surface area contributed by atoms with Crippen LogP contribution in [0.15, 0.2) is 23.2 Å². The molecule has 1 saturated carbocycles. The molecule has 1 aromatic carbocycles. The largest absolute Gasteiger partial charge is 0.497 e. The molecule has 124 valence electrons. The van der Waals surface area contributed by atoms with Gasteiger partial charge in [-0.3, -0.25) is 4.99 Å². The molecule has 4 nitrogen and oxygen atoms in total. The predicted molar refractivity (Wildman–Crippen MR) is 104 cm³/mol. The molecule has 0 saturated heterocycles. The molecule has 1 aliphatic carbocycles. The zero-order valence-corrected chi connectivity index (χ0v) is 16.4. The lowest BCUT2D eigenvalue weighted by Crippen LogP contribution is -2.39. The van der Waals surface area contributed by atoms with Crippen molar-refractivity contribution in [2.75, 3.05) is 20.2 Å². The van der Waals surface area contributed by atoms with E-state index in [1.807, 2.05) is 18.2 Å². The Morgan fingerprint density at radius 1 is 1.45 bits per heavy atom. The lowest BCUT2D eigenvalue weighted by Gasteiger charge is -2.11. The zero-order chi connectivity index (χ0) is 15.2. The zero-order valence-electron chi connectivity index (χ0n) is 13.4. The molecule has 2 unspecified atom stereocenters. The van der Waals surface area contributed by atoms with E-state index in [1.54, 1.807) is 7.11 Å². The minimum atomic E-state index is 0. The molecular formula is C16H25ClIN3O. The Morgan fingerprint density at radius 2 is 2.18 bits per heavy atom. The Morgan fingerprint density at radius 3 is 2.73 bits per heavy atom. The molecule has 2 atom stereocenters. The van der Waals surface area contributed by atoms with Gasteiger partial charge in [0.25, 0.3) is 0 Å². The molecule has 0 aliphatic heterocycles. The molecule has 0 aromatic heterocycles. The minimum absolute atomic E-state index is 0. The number of halogens is 2. The summed E-state index contributed by atoms with van der Waals surface area (Å²) in [6, 6.07) is 6.35. The fourth-order valence-corrected chi connectivity index (χ4v) is 2.43. The third-order valence-electron chi connectivity index (χ3n) is 3.69. The lowest BCUT2D eigenvalue weighted by atomic mass is 10.1. The average molecular weight is 438 g/mol. The monoisotopic (exact) mass is 437 g/mol. The molecule has 0 amide bonds. The van der Waals surface area contributed by atoms with Crippen LogP contribution in [0, 0.1) is 5.92 Å². The Bertz CT molecular complexity index is 510. The van der Waals surface area contributed by atoms with Crippen LogP contribution < -0.4 is 15.4 Å². The van der Waals surface area contributed by atoms with E-state index in [0.29, 0.717) is 12.6 Å². The first-order valence-electron chi connectivity index (χ1n) is 7.51. The van der Waals surface area contributed by atoms with Gasteiger partial charge in [-0.25, -0.2) is 0 Å². The third-order valence-corrected chi connectivity index (χ3v) is 4.04. The van der Waals surface area contributed by atoms with Crippen LogP contribution >= 0.6 is 35.6 Å². The van der Waals surface area contributed by atoms with Crippen molar-refractivity contribution in [2.24, 2.45) is 10.9 Å². The molecule has 0 spiro atoms. The van der Waals surface area contributed by atoms with Crippen LogP contribution in [0.3, 0.4) is 0 Å². The summed E-state index contributed by atoms with van der Waals surface area (Å²) in [4.78, 5) is 4.61. The van der Waals surface area contributed by atoms with Crippen LogP contribution in [0.5, 0.6) is 5.75 Å². The van der Waals surface area contributed by atoms with E-state index in [0.717, 1.165) is 41.2 Å². The van der Waals surface area contributed by atoms with Crippen molar-refractivity contribution in [2.45, 2.75) is 32.7 Å². The summed E-state index contributed by atoms with van der Waals surface area (Å²) < 4.78 is 5.15. The van der Waals surface area contributed by atoms with Crippen molar-refractivity contribution in [3.63, 3.8) is 0 Å². The lowest BCUT2D eigenvalue weighted by molar-refractivity contribution is 0.414. The highest BCUT2D eigenvalue weighted by Gasteiger charge is 2.33. The summed E-state index contributed by atoms with van der Waals surface area (Å²) in [5.74, 6) is 2.44.